The van der Waals surface area contributed by atoms with Gasteiger partial charge in [0.05, 0.1) is 5.52 Å². The monoisotopic (exact) mass is 224 g/mol. The first-order valence-corrected chi connectivity index (χ1v) is 5.12. The van der Waals surface area contributed by atoms with Crippen LogP contribution in [-0.2, 0) is 7.05 Å². The first-order valence-electron chi connectivity index (χ1n) is 4.61. The van der Waals surface area contributed by atoms with E-state index in [2.05, 4.69) is 12.6 Å². The lowest BCUT2D eigenvalue weighted by molar-refractivity contribution is 0.528. The summed E-state index contributed by atoms with van der Waals surface area (Å²) in [6, 6.07) is 5.55. The number of oxazole rings is 1. The van der Waals surface area contributed by atoms with E-state index in [-0.39, 0.29) is 11.0 Å². The number of aromatic nitrogens is 1. The van der Waals surface area contributed by atoms with Crippen LogP contribution in [0.4, 0.5) is 0 Å². The SMILES string of the molecule is Cn1c(=O)oc2cc(C(S)CN)ccc21. The molecule has 0 bridgehead atoms. The molecule has 1 unspecified atom stereocenters. The summed E-state index contributed by atoms with van der Waals surface area (Å²) >= 11 is 4.33. The molecule has 2 aromatic rings. The summed E-state index contributed by atoms with van der Waals surface area (Å²) in [5, 5.41) is -0.0279. The van der Waals surface area contributed by atoms with Crippen molar-refractivity contribution in [3.05, 3.63) is 34.3 Å². The Bertz CT molecular complexity index is 544. The van der Waals surface area contributed by atoms with E-state index >= 15 is 0 Å². The van der Waals surface area contributed by atoms with E-state index in [0.29, 0.717) is 12.1 Å². The molecule has 2 rings (SSSR count). The van der Waals surface area contributed by atoms with Crippen molar-refractivity contribution < 1.29 is 4.42 Å². The summed E-state index contributed by atoms with van der Waals surface area (Å²) in [7, 11) is 1.68. The number of nitrogens with zero attached hydrogens (tertiary/aromatic N) is 1. The molecule has 80 valence electrons. The number of benzene rings is 1. The fraction of sp³-hybridized carbons (Fsp3) is 0.300. The Labute approximate surface area is 92.1 Å². The van der Waals surface area contributed by atoms with Gasteiger partial charge in [-0.25, -0.2) is 4.79 Å². The van der Waals surface area contributed by atoms with Gasteiger partial charge in [0.2, 0.25) is 0 Å². The second-order valence-electron chi connectivity index (χ2n) is 3.41. The largest absolute Gasteiger partial charge is 0.419 e. The molecule has 1 aromatic heterocycles. The van der Waals surface area contributed by atoms with Crippen LogP contribution in [0.1, 0.15) is 10.8 Å². The van der Waals surface area contributed by atoms with Gasteiger partial charge in [0, 0.05) is 18.8 Å². The second-order valence-corrected chi connectivity index (χ2v) is 4.03. The molecule has 0 aliphatic heterocycles. The van der Waals surface area contributed by atoms with Gasteiger partial charge in [-0.1, -0.05) is 6.07 Å². The molecular weight excluding hydrogens is 212 g/mol. The third-order valence-electron chi connectivity index (χ3n) is 2.42. The maximum absolute atomic E-state index is 11.2. The molecule has 0 fully saturated rings. The molecule has 0 saturated carbocycles. The molecule has 5 heteroatoms. The topological polar surface area (TPSA) is 61.2 Å². The minimum absolute atomic E-state index is 0.0279. The van der Waals surface area contributed by atoms with Crippen LogP contribution >= 0.6 is 12.6 Å². The van der Waals surface area contributed by atoms with E-state index in [1.807, 2.05) is 12.1 Å². The highest BCUT2D eigenvalue weighted by molar-refractivity contribution is 7.80. The van der Waals surface area contributed by atoms with Crippen LogP contribution < -0.4 is 11.5 Å². The summed E-state index contributed by atoms with van der Waals surface area (Å²) in [4.78, 5) is 11.2. The molecule has 0 radical (unpaired) electrons. The van der Waals surface area contributed by atoms with Crippen molar-refractivity contribution in [3.63, 3.8) is 0 Å². The van der Waals surface area contributed by atoms with Gasteiger partial charge in [-0.2, -0.15) is 12.6 Å². The highest BCUT2D eigenvalue weighted by atomic mass is 32.1. The maximum Gasteiger partial charge on any atom is 0.419 e. The van der Waals surface area contributed by atoms with Gasteiger partial charge < -0.3 is 10.2 Å². The Kier molecular flexibility index (Phi) is 2.58. The zero-order chi connectivity index (χ0) is 11.0. The maximum atomic E-state index is 11.2. The van der Waals surface area contributed by atoms with Crippen molar-refractivity contribution in [2.24, 2.45) is 12.8 Å². The fourth-order valence-electron chi connectivity index (χ4n) is 1.49. The normalized spacial score (nSPS) is 13.3. The van der Waals surface area contributed by atoms with Gasteiger partial charge in [-0.3, -0.25) is 4.57 Å². The Balaban J connectivity index is 2.62. The number of hydrogen-bond donors (Lipinski definition) is 2. The van der Waals surface area contributed by atoms with E-state index in [9.17, 15) is 4.79 Å². The molecule has 0 spiro atoms. The first-order chi connectivity index (χ1) is 7.13. The van der Waals surface area contributed by atoms with Gasteiger partial charge in [-0.15, -0.1) is 0 Å². The molecule has 1 heterocycles. The lowest BCUT2D eigenvalue weighted by atomic mass is 10.1. The molecule has 0 amide bonds. The van der Waals surface area contributed by atoms with Gasteiger partial charge in [-0.05, 0) is 17.7 Å². The molecular formula is C10H12N2O2S. The highest BCUT2D eigenvalue weighted by Crippen LogP contribution is 2.22. The summed E-state index contributed by atoms with van der Waals surface area (Å²) < 4.78 is 6.53. The standard InChI is InChI=1S/C10H12N2O2S/c1-12-7-3-2-6(9(15)5-11)4-8(7)14-10(12)13/h2-4,9,15H,5,11H2,1H3. The Hall–Kier alpha value is -1.20. The smallest absolute Gasteiger partial charge is 0.408 e. The number of fused-ring (bicyclic) bond motifs is 1. The quantitative estimate of drug-likeness (QED) is 0.750. The molecule has 4 nitrogen and oxygen atoms in total. The summed E-state index contributed by atoms with van der Waals surface area (Å²) in [5.41, 5.74) is 7.83. The first kappa shape index (κ1) is 10.3. The van der Waals surface area contributed by atoms with Crippen molar-refractivity contribution >= 4 is 23.7 Å². The Morgan fingerprint density at radius 1 is 1.60 bits per heavy atom. The zero-order valence-corrected chi connectivity index (χ0v) is 9.20. The molecule has 0 saturated heterocycles. The molecule has 2 N–H and O–H groups in total. The highest BCUT2D eigenvalue weighted by Gasteiger charge is 2.09. The molecule has 1 aromatic carbocycles. The molecule has 15 heavy (non-hydrogen) atoms. The van der Waals surface area contributed by atoms with Gasteiger partial charge in [0.1, 0.15) is 0 Å². The van der Waals surface area contributed by atoms with Gasteiger partial charge >= 0.3 is 5.76 Å². The van der Waals surface area contributed by atoms with Gasteiger partial charge in [0.25, 0.3) is 0 Å². The summed E-state index contributed by atoms with van der Waals surface area (Å²) in [6.45, 7) is 0.450. The minimum Gasteiger partial charge on any atom is -0.408 e. The summed E-state index contributed by atoms with van der Waals surface area (Å²) in [6.07, 6.45) is 0. The molecule has 0 aliphatic rings. The van der Waals surface area contributed by atoms with Crippen LogP contribution in [-0.4, -0.2) is 11.1 Å². The van der Waals surface area contributed by atoms with Crippen molar-refractivity contribution in [3.8, 4) is 0 Å². The molecule has 0 aliphatic carbocycles. The van der Waals surface area contributed by atoms with Crippen LogP contribution in [0, 0.1) is 0 Å². The van der Waals surface area contributed by atoms with Crippen LogP contribution in [0.15, 0.2) is 27.4 Å². The van der Waals surface area contributed by atoms with E-state index < -0.39 is 0 Å². The molecule has 1 atom stereocenters. The number of thiol groups is 1. The van der Waals surface area contributed by atoms with E-state index in [1.165, 1.54) is 4.57 Å². The number of aryl methyl sites for hydroxylation is 1. The minimum atomic E-state index is -0.356. The van der Waals surface area contributed by atoms with Crippen molar-refractivity contribution in [1.29, 1.82) is 0 Å². The van der Waals surface area contributed by atoms with E-state index in [1.54, 1.807) is 13.1 Å². The van der Waals surface area contributed by atoms with Crippen LogP contribution in [0.2, 0.25) is 0 Å². The third kappa shape index (κ3) is 1.68. The van der Waals surface area contributed by atoms with E-state index in [4.69, 9.17) is 10.2 Å². The Morgan fingerprint density at radius 3 is 3.00 bits per heavy atom. The fourth-order valence-corrected chi connectivity index (χ4v) is 1.65. The zero-order valence-electron chi connectivity index (χ0n) is 8.30. The average molecular weight is 224 g/mol. The second kappa shape index (κ2) is 3.75. The van der Waals surface area contributed by atoms with Crippen molar-refractivity contribution in [2.45, 2.75) is 5.25 Å². The third-order valence-corrected chi connectivity index (χ3v) is 2.93. The van der Waals surface area contributed by atoms with Crippen molar-refractivity contribution in [2.75, 3.05) is 6.54 Å². The number of nitrogens with two attached hydrogens (primary N) is 1. The van der Waals surface area contributed by atoms with Crippen molar-refractivity contribution in [1.82, 2.24) is 4.57 Å². The predicted octanol–water partition coefficient (Wildman–Crippen LogP) is 1.06. The van der Waals surface area contributed by atoms with Crippen LogP contribution in [0.25, 0.3) is 11.1 Å². The number of hydrogen-bond acceptors (Lipinski definition) is 4. The van der Waals surface area contributed by atoms with Gasteiger partial charge in [0.15, 0.2) is 5.58 Å². The predicted molar refractivity (Wildman–Crippen MR) is 62.2 cm³/mol. The van der Waals surface area contributed by atoms with Crippen LogP contribution in [0.5, 0.6) is 0 Å². The van der Waals surface area contributed by atoms with E-state index in [0.717, 1.165) is 11.1 Å². The summed E-state index contributed by atoms with van der Waals surface area (Å²) in [5.74, 6) is -0.356. The number of rotatable bonds is 2. The lowest BCUT2D eigenvalue weighted by Crippen LogP contribution is -2.08. The lowest BCUT2D eigenvalue weighted by Gasteiger charge is -2.06. The Morgan fingerprint density at radius 2 is 2.33 bits per heavy atom. The average Bonchev–Trinajstić information content (AvgIpc) is 2.53. The van der Waals surface area contributed by atoms with Crippen LogP contribution in [0.3, 0.4) is 0 Å².